The van der Waals surface area contributed by atoms with Crippen LogP contribution in [0.1, 0.15) is 41.1 Å². The van der Waals surface area contributed by atoms with Crippen molar-refractivity contribution in [1.29, 1.82) is 0 Å². The number of ether oxygens (including phenoxy) is 1. The zero-order valence-electron chi connectivity index (χ0n) is 14.5. The van der Waals surface area contributed by atoms with Crippen LogP contribution in [0, 0.1) is 6.92 Å². The van der Waals surface area contributed by atoms with E-state index in [2.05, 4.69) is 16.5 Å². The maximum Gasteiger partial charge on any atom is 0.228 e. The summed E-state index contributed by atoms with van der Waals surface area (Å²) in [7, 11) is -3.02. The van der Waals surface area contributed by atoms with E-state index in [1.54, 1.807) is 22.1 Å². The van der Waals surface area contributed by atoms with Crippen molar-refractivity contribution in [3.63, 3.8) is 0 Å². The monoisotopic (exact) mass is 395 g/mol. The molecule has 2 aliphatic rings. The molecule has 0 radical (unpaired) electrons. The fraction of sp³-hybridized carbons (Fsp3) is 0.529. The zero-order valence-corrected chi connectivity index (χ0v) is 16.1. The third kappa shape index (κ3) is 3.56. The highest BCUT2D eigenvalue weighted by Crippen LogP contribution is 2.34. The van der Waals surface area contributed by atoms with Crippen molar-refractivity contribution in [1.82, 2.24) is 9.78 Å². The molecule has 7 nitrogen and oxygen atoms in total. The Kier molecular flexibility index (Phi) is 4.62. The van der Waals surface area contributed by atoms with Crippen molar-refractivity contribution in [2.24, 2.45) is 0 Å². The molecule has 1 N–H and O–H groups in total. The molecule has 0 bridgehead atoms. The third-order valence-electron chi connectivity index (χ3n) is 4.81. The Labute approximate surface area is 156 Å². The van der Waals surface area contributed by atoms with Crippen LogP contribution in [0.2, 0.25) is 0 Å². The average Bonchev–Trinajstić information content (AvgIpc) is 3.26. The van der Waals surface area contributed by atoms with E-state index in [4.69, 9.17) is 4.74 Å². The van der Waals surface area contributed by atoms with E-state index >= 15 is 0 Å². The highest BCUT2D eigenvalue weighted by Gasteiger charge is 2.32. The van der Waals surface area contributed by atoms with Crippen molar-refractivity contribution in [3.8, 4) is 0 Å². The molecule has 2 aromatic rings. The van der Waals surface area contributed by atoms with Gasteiger partial charge in [-0.25, -0.2) is 13.1 Å². The summed E-state index contributed by atoms with van der Waals surface area (Å²) >= 11 is 1.62. The van der Waals surface area contributed by atoms with Gasteiger partial charge in [0.1, 0.15) is 11.9 Å². The number of fused-ring (bicyclic) bond motifs is 1. The molecule has 1 saturated heterocycles. The summed E-state index contributed by atoms with van der Waals surface area (Å²) in [6.45, 7) is 2.45. The number of hydrogen-bond acceptors (Lipinski definition) is 6. The van der Waals surface area contributed by atoms with Crippen molar-refractivity contribution in [2.45, 2.75) is 38.3 Å². The van der Waals surface area contributed by atoms with Crippen LogP contribution in [0.3, 0.4) is 0 Å². The Bertz CT molecular complexity index is 932. The van der Waals surface area contributed by atoms with Gasteiger partial charge in [-0.1, -0.05) is 0 Å². The van der Waals surface area contributed by atoms with Crippen LogP contribution in [0.25, 0.3) is 0 Å². The molecule has 0 unspecified atom stereocenters. The molecule has 1 fully saturated rings. The van der Waals surface area contributed by atoms with Crippen molar-refractivity contribution in [3.05, 3.63) is 33.6 Å². The molecule has 1 amide bonds. The number of carbonyl (C=O) groups is 1. The Hall–Kier alpha value is -1.71. The summed E-state index contributed by atoms with van der Waals surface area (Å²) in [5.74, 6) is 0.637. The zero-order chi connectivity index (χ0) is 18.3. The lowest BCUT2D eigenvalue weighted by molar-refractivity contribution is -0.119. The lowest BCUT2D eigenvalue weighted by Crippen LogP contribution is -2.23. The predicted molar refractivity (Wildman–Crippen MR) is 99.2 cm³/mol. The number of nitrogens with zero attached hydrogens (tertiary/aromatic N) is 2. The number of amides is 1. The summed E-state index contributed by atoms with van der Waals surface area (Å²) in [5.41, 5.74) is 2.01. The van der Waals surface area contributed by atoms with Crippen molar-refractivity contribution >= 4 is 32.9 Å². The minimum Gasteiger partial charge on any atom is -0.372 e. The molecule has 4 rings (SSSR count). The second kappa shape index (κ2) is 6.79. The number of aryl methyl sites for hydroxylation is 1. The largest absolute Gasteiger partial charge is 0.372 e. The first-order valence-corrected chi connectivity index (χ1v) is 11.4. The summed E-state index contributed by atoms with van der Waals surface area (Å²) in [4.78, 5) is 13.7. The molecule has 26 heavy (non-hydrogen) atoms. The summed E-state index contributed by atoms with van der Waals surface area (Å²) in [6, 6.07) is 3.65. The van der Waals surface area contributed by atoms with Gasteiger partial charge in [0.05, 0.1) is 36.3 Å². The van der Waals surface area contributed by atoms with E-state index in [0.717, 1.165) is 17.0 Å². The molecule has 2 aromatic heterocycles. The number of hydrogen-bond donors (Lipinski definition) is 1. The van der Waals surface area contributed by atoms with E-state index in [1.165, 1.54) is 5.56 Å². The van der Waals surface area contributed by atoms with Gasteiger partial charge in [0.2, 0.25) is 5.91 Å². The van der Waals surface area contributed by atoms with Gasteiger partial charge in [0.15, 0.2) is 9.84 Å². The van der Waals surface area contributed by atoms with Crippen LogP contribution in [0.5, 0.6) is 0 Å². The first-order chi connectivity index (χ1) is 12.4. The number of rotatable bonds is 4. The van der Waals surface area contributed by atoms with Gasteiger partial charge in [-0.3, -0.25) is 4.79 Å². The maximum absolute atomic E-state index is 12.6. The lowest BCUT2D eigenvalue weighted by Gasteiger charge is -2.23. The fourth-order valence-electron chi connectivity index (χ4n) is 3.59. The fourth-order valence-corrected chi connectivity index (χ4v) is 6.29. The first-order valence-electron chi connectivity index (χ1n) is 8.65. The molecule has 9 heteroatoms. The van der Waals surface area contributed by atoms with Gasteiger partial charge in [-0.2, -0.15) is 5.10 Å². The molecule has 0 spiro atoms. The highest BCUT2D eigenvalue weighted by molar-refractivity contribution is 7.91. The Morgan fingerprint density at radius 3 is 3.12 bits per heavy atom. The molecule has 0 saturated carbocycles. The second-order valence-electron chi connectivity index (χ2n) is 6.84. The number of nitrogens with one attached hydrogen (secondary N) is 1. The smallest absolute Gasteiger partial charge is 0.228 e. The van der Waals surface area contributed by atoms with E-state index in [1.807, 2.05) is 12.3 Å². The highest BCUT2D eigenvalue weighted by atomic mass is 32.2. The normalized spacial score (nSPS) is 24.3. The molecule has 0 aromatic carbocycles. The Morgan fingerprint density at radius 1 is 1.50 bits per heavy atom. The van der Waals surface area contributed by atoms with Gasteiger partial charge in [-0.05, 0) is 36.8 Å². The Balaban J connectivity index is 1.47. The summed E-state index contributed by atoms with van der Waals surface area (Å²) < 4.78 is 31.0. The number of thiophene rings is 1. The Morgan fingerprint density at radius 2 is 2.35 bits per heavy atom. The minimum absolute atomic E-state index is 0.0707. The third-order valence-corrected chi connectivity index (χ3v) is 7.62. The van der Waals surface area contributed by atoms with Gasteiger partial charge >= 0.3 is 0 Å². The van der Waals surface area contributed by atoms with E-state index in [9.17, 15) is 13.2 Å². The topological polar surface area (TPSA) is 90.3 Å². The maximum atomic E-state index is 12.6. The number of aromatic nitrogens is 2. The van der Waals surface area contributed by atoms with Crippen LogP contribution in [-0.4, -0.2) is 42.2 Å². The lowest BCUT2D eigenvalue weighted by atomic mass is 10.1. The van der Waals surface area contributed by atoms with Crippen LogP contribution >= 0.6 is 11.3 Å². The van der Waals surface area contributed by atoms with Crippen LogP contribution in [0.15, 0.2) is 17.5 Å². The van der Waals surface area contributed by atoms with E-state index in [-0.39, 0.29) is 36.0 Å². The average molecular weight is 396 g/mol. The van der Waals surface area contributed by atoms with Gasteiger partial charge in [0.25, 0.3) is 0 Å². The first kappa shape index (κ1) is 17.7. The van der Waals surface area contributed by atoms with Gasteiger partial charge in [0, 0.05) is 10.9 Å². The predicted octanol–water partition coefficient (Wildman–Crippen LogP) is 2.26. The summed E-state index contributed by atoms with van der Waals surface area (Å²) in [5, 5.41) is 9.32. The van der Waals surface area contributed by atoms with E-state index < -0.39 is 9.84 Å². The molecule has 2 aliphatic heterocycles. The molecule has 4 heterocycles. The van der Waals surface area contributed by atoms with Gasteiger partial charge in [-0.15, -0.1) is 11.3 Å². The van der Waals surface area contributed by atoms with Crippen LogP contribution in [0.4, 0.5) is 5.82 Å². The minimum atomic E-state index is -3.02. The number of anilines is 1. The van der Waals surface area contributed by atoms with E-state index in [0.29, 0.717) is 18.8 Å². The molecular weight excluding hydrogens is 374 g/mol. The SMILES string of the molecule is Cc1cc(NC(=O)C[C@H]2OCCc3ccsc32)n([C@@H]2CCS(=O)(=O)C2)n1. The molecule has 2 atom stereocenters. The number of carbonyl (C=O) groups excluding carboxylic acids is 1. The van der Waals surface area contributed by atoms with Crippen molar-refractivity contribution in [2.75, 3.05) is 23.4 Å². The standard InChI is InChI=1S/C17H21N3O4S2/c1-11-8-15(20(19-11)13-4-7-26(22,23)10-13)18-16(21)9-14-17-12(2-5-24-14)3-6-25-17/h3,6,8,13-14H,2,4-5,7,9-10H2,1H3,(H,18,21)/t13-,14-/m1/s1. The molecule has 0 aliphatic carbocycles. The molecule has 140 valence electrons. The van der Waals surface area contributed by atoms with Crippen LogP contribution < -0.4 is 5.32 Å². The summed E-state index contributed by atoms with van der Waals surface area (Å²) in [6.07, 6.45) is 1.43. The molecular formula is C17H21N3O4S2. The number of sulfone groups is 1. The van der Waals surface area contributed by atoms with Crippen molar-refractivity contribution < 1.29 is 17.9 Å². The second-order valence-corrected chi connectivity index (χ2v) is 10.0. The quantitative estimate of drug-likeness (QED) is 0.858. The van der Waals surface area contributed by atoms with Gasteiger partial charge < -0.3 is 10.1 Å². The van der Waals surface area contributed by atoms with Crippen LogP contribution in [-0.2, 0) is 25.8 Å².